The first-order chi connectivity index (χ1) is 9.37. The molecular formula is C13H22F3N3O. The number of piperidine rings is 1. The third-order valence-corrected chi connectivity index (χ3v) is 4.04. The average molecular weight is 293 g/mol. The summed E-state index contributed by atoms with van der Waals surface area (Å²) in [7, 11) is 0. The minimum atomic E-state index is -4.19. The number of piperazine rings is 1. The Kier molecular flexibility index (Phi) is 4.90. The zero-order valence-corrected chi connectivity index (χ0v) is 11.7. The molecule has 116 valence electrons. The summed E-state index contributed by atoms with van der Waals surface area (Å²) in [4.78, 5) is 15.6. The Morgan fingerprint density at radius 1 is 1.35 bits per heavy atom. The number of likely N-dealkylation sites (tertiary alicyclic amines) is 1. The molecular weight excluding hydrogens is 271 g/mol. The minimum Gasteiger partial charge on any atom is -0.337 e. The normalized spacial score (nSPS) is 29.5. The van der Waals surface area contributed by atoms with E-state index >= 15 is 0 Å². The number of halogens is 3. The van der Waals surface area contributed by atoms with Crippen LogP contribution in [0.15, 0.2) is 0 Å². The Bertz CT molecular complexity index is 348. The van der Waals surface area contributed by atoms with E-state index in [1.807, 2.05) is 11.8 Å². The molecule has 1 unspecified atom stereocenters. The molecule has 2 fully saturated rings. The summed E-state index contributed by atoms with van der Waals surface area (Å²) in [6.45, 7) is 3.89. The van der Waals surface area contributed by atoms with Gasteiger partial charge < -0.3 is 10.2 Å². The van der Waals surface area contributed by atoms with E-state index in [4.69, 9.17) is 0 Å². The van der Waals surface area contributed by atoms with E-state index in [-0.39, 0.29) is 24.4 Å². The van der Waals surface area contributed by atoms with Gasteiger partial charge >= 0.3 is 6.18 Å². The molecule has 2 heterocycles. The van der Waals surface area contributed by atoms with E-state index in [9.17, 15) is 18.0 Å². The molecule has 2 atom stereocenters. The molecule has 0 saturated carbocycles. The van der Waals surface area contributed by atoms with Crippen LogP contribution in [-0.4, -0.2) is 67.2 Å². The SMILES string of the molecule is C[C@H]1CNCCN1C(=O)C1CCCN(CC(F)(F)F)C1. The predicted octanol–water partition coefficient (Wildman–Crippen LogP) is 1.08. The van der Waals surface area contributed by atoms with Crippen molar-refractivity contribution in [3.8, 4) is 0 Å². The molecule has 0 aromatic rings. The Balaban J connectivity index is 1.92. The molecule has 1 amide bonds. The number of nitrogens with zero attached hydrogens (tertiary/aromatic N) is 2. The van der Waals surface area contributed by atoms with Crippen LogP contribution in [0.25, 0.3) is 0 Å². The molecule has 0 aromatic carbocycles. The van der Waals surface area contributed by atoms with Crippen LogP contribution < -0.4 is 5.32 Å². The van der Waals surface area contributed by atoms with E-state index in [1.165, 1.54) is 4.90 Å². The molecule has 0 radical (unpaired) electrons. The number of nitrogens with one attached hydrogen (secondary N) is 1. The topological polar surface area (TPSA) is 35.6 Å². The van der Waals surface area contributed by atoms with E-state index in [1.54, 1.807) is 0 Å². The fourth-order valence-electron chi connectivity index (χ4n) is 3.06. The van der Waals surface area contributed by atoms with Crippen molar-refractivity contribution in [2.45, 2.75) is 32.0 Å². The molecule has 0 aliphatic carbocycles. The molecule has 7 heteroatoms. The number of alkyl halides is 3. The van der Waals surface area contributed by atoms with E-state index in [0.29, 0.717) is 25.9 Å². The number of hydrogen-bond donors (Lipinski definition) is 1. The van der Waals surface area contributed by atoms with Crippen LogP contribution in [0.2, 0.25) is 0 Å². The Morgan fingerprint density at radius 3 is 2.75 bits per heavy atom. The number of carbonyl (C=O) groups excluding carboxylic acids is 1. The van der Waals surface area contributed by atoms with Gasteiger partial charge in [-0.15, -0.1) is 0 Å². The van der Waals surface area contributed by atoms with Gasteiger partial charge in [0, 0.05) is 32.2 Å². The number of rotatable bonds is 2. The van der Waals surface area contributed by atoms with Crippen LogP contribution in [0.3, 0.4) is 0 Å². The molecule has 2 aliphatic heterocycles. The van der Waals surface area contributed by atoms with Crippen molar-refractivity contribution in [2.24, 2.45) is 5.92 Å². The van der Waals surface area contributed by atoms with Crippen LogP contribution in [0, 0.1) is 5.92 Å². The molecule has 0 aromatic heterocycles. The number of carbonyl (C=O) groups is 1. The van der Waals surface area contributed by atoms with Crippen LogP contribution >= 0.6 is 0 Å². The van der Waals surface area contributed by atoms with E-state index < -0.39 is 12.7 Å². The smallest absolute Gasteiger partial charge is 0.337 e. The Labute approximate surface area is 117 Å². The summed E-state index contributed by atoms with van der Waals surface area (Å²) in [5.41, 5.74) is 0. The van der Waals surface area contributed by atoms with Gasteiger partial charge in [-0.05, 0) is 26.3 Å². The summed E-state index contributed by atoms with van der Waals surface area (Å²) in [6.07, 6.45) is -2.83. The summed E-state index contributed by atoms with van der Waals surface area (Å²) in [6, 6.07) is 0.120. The highest BCUT2D eigenvalue weighted by molar-refractivity contribution is 5.79. The summed E-state index contributed by atoms with van der Waals surface area (Å²) < 4.78 is 37.3. The fraction of sp³-hybridized carbons (Fsp3) is 0.923. The highest BCUT2D eigenvalue weighted by Crippen LogP contribution is 2.24. The van der Waals surface area contributed by atoms with E-state index in [0.717, 1.165) is 13.1 Å². The van der Waals surface area contributed by atoms with Crippen molar-refractivity contribution in [3.63, 3.8) is 0 Å². The molecule has 1 N–H and O–H groups in total. The zero-order chi connectivity index (χ0) is 14.8. The van der Waals surface area contributed by atoms with Crippen LogP contribution in [0.5, 0.6) is 0 Å². The number of amides is 1. The van der Waals surface area contributed by atoms with Crippen molar-refractivity contribution in [1.29, 1.82) is 0 Å². The van der Waals surface area contributed by atoms with Gasteiger partial charge in [-0.25, -0.2) is 0 Å². The maximum atomic E-state index is 12.5. The third kappa shape index (κ3) is 4.09. The van der Waals surface area contributed by atoms with E-state index in [2.05, 4.69) is 5.32 Å². The molecule has 0 bridgehead atoms. The monoisotopic (exact) mass is 293 g/mol. The second-order valence-electron chi connectivity index (χ2n) is 5.77. The molecule has 0 spiro atoms. The summed E-state index contributed by atoms with van der Waals surface area (Å²) in [5, 5.41) is 3.21. The van der Waals surface area contributed by atoms with Crippen molar-refractivity contribution in [2.75, 3.05) is 39.3 Å². The highest BCUT2D eigenvalue weighted by atomic mass is 19.4. The lowest BCUT2D eigenvalue weighted by Crippen LogP contribution is -2.56. The molecule has 20 heavy (non-hydrogen) atoms. The first-order valence-electron chi connectivity index (χ1n) is 7.17. The standard InChI is InChI=1S/C13H22F3N3O/c1-10-7-17-4-6-19(10)12(20)11-3-2-5-18(8-11)9-13(14,15)16/h10-11,17H,2-9H2,1H3/t10-,11?/m0/s1. The second kappa shape index (κ2) is 6.30. The fourth-order valence-corrected chi connectivity index (χ4v) is 3.06. The van der Waals surface area contributed by atoms with Gasteiger partial charge in [-0.3, -0.25) is 9.69 Å². The summed E-state index contributed by atoms with van der Waals surface area (Å²) >= 11 is 0. The lowest BCUT2D eigenvalue weighted by molar-refractivity contribution is -0.155. The third-order valence-electron chi connectivity index (χ3n) is 4.04. The lowest BCUT2D eigenvalue weighted by Gasteiger charge is -2.39. The van der Waals surface area contributed by atoms with Gasteiger partial charge in [0.2, 0.25) is 5.91 Å². The first-order valence-corrected chi connectivity index (χ1v) is 7.17. The lowest BCUT2D eigenvalue weighted by atomic mass is 9.95. The Hall–Kier alpha value is -0.820. The minimum absolute atomic E-state index is 0.0193. The maximum Gasteiger partial charge on any atom is 0.401 e. The first kappa shape index (κ1) is 15.6. The van der Waals surface area contributed by atoms with Gasteiger partial charge in [-0.2, -0.15) is 13.2 Å². The van der Waals surface area contributed by atoms with Crippen molar-refractivity contribution >= 4 is 5.91 Å². The quantitative estimate of drug-likeness (QED) is 0.827. The van der Waals surface area contributed by atoms with Gasteiger partial charge in [0.25, 0.3) is 0 Å². The van der Waals surface area contributed by atoms with Gasteiger partial charge in [-0.1, -0.05) is 0 Å². The largest absolute Gasteiger partial charge is 0.401 e. The molecule has 2 rings (SSSR count). The highest BCUT2D eigenvalue weighted by Gasteiger charge is 2.36. The zero-order valence-electron chi connectivity index (χ0n) is 11.7. The van der Waals surface area contributed by atoms with Gasteiger partial charge in [0.15, 0.2) is 0 Å². The second-order valence-corrected chi connectivity index (χ2v) is 5.77. The van der Waals surface area contributed by atoms with Crippen molar-refractivity contribution in [3.05, 3.63) is 0 Å². The maximum absolute atomic E-state index is 12.5. The summed E-state index contributed by atoms with van der Waals surface area (Å²) in [5.74, 6) is -0.266. The van der Waals surface area contributed by atoms with Crippen molar-refractivity contribution < 1.29 is 18.0 Å². The molecule has 2 saturated heterocycles. The average Bonchev–Trinajstić information content (AvgIpc) is 2.37. The van der Waals surface area contributed by atoms with Crippen LogP contribution in [0.4, 0.5) is 13.2 Å². The Morgan fingerprint density at radius 2 is 2.10 bits per heavy atom. The molecule has 2 aliphatic rings. The van der Waals surface area contributed by atoms with Gasteiger partial charge in [0.1, 0.15) is 0 Å². The van der Waals surface area contributed by atoms with Crippen LogP contribution in [-0.2, 0) is 4.79 Å². The van der Waals surface area contributed by atoms with Gasteiger partial charge in [0.05, 0.1) is 12.5 Å². The predicted molar refractivity (Wildman–Crippen MR) is 69.3 cm³/mol. The molecule has 4 nitrogen and oxygen atoms in total. The van der Waals surface area contributed by atoms with Crippen LogP contribution in [0.1, 0.15) is 19.8 Å². The number of hydrogen-bond acceptors (Lipinski definition) is 3. The van der Waals surface area contributed by atoms with Crippen molar-refractivity contribution in [1.82, 2.24) is 15.1 Å².